The molecule has 0 aromatic carbocycles. The van der Waals surface area contributed by atoms with Gasteiger partial charge in [-0.1, -0.05) is 0 Å². The molecule has 1 aromatic heterocycles. The molecule has 1 amide bonds. The molecule has 6 nitrogen and oxygen atoms in total. The molecule has 96 valence electrons. The summed E-state index contributed by atoms with van der Waals surface area (Å²) in [5.41, 5.74) is 2.35. The van der Waals surface area contributed by atoms with Crippen molar-refractivity contribution in [2.24, 2.45) is 5.84 Å². The van der Waals surface area contributed by atoms with E-state index < -0.39 is 15.7 Å². The summed E-state index contributed by atoms with van der Waals surface area (Å²) in [6.07, 6.45) is 2.51. The lowest BCUT2D eigenvalue weighted by Crippen LogP contribution is -2.29. The number of nitrogens with one attached hydrogen (secondary N) is 1. The Morgan fingerprint density at radius 1 is 1.59 bits per heavy atom. The fraction of sp³-hybridized carbons (Fsp3) is 0.444. The minimum absolute atomic E-state index is 0.133. The Labute approximate surface area is 104 Å². The van der Waals surface area contributed by atoms with Gasteiger partial charge in [-0.25, -0.2) is 14.3 Å². The smallest absolute Gasteiger partial charge is 0.268 e. The number of hydrogen-bond donors (Lipinski definition) is 2. The molecule has 0 saturated carbocycles. The van der Waals surface area contributed by atoms with Crippen molar-refractivity contribution in [1.82, 2.24) is 5.43 Å². The number of furan rings is 1. The normalized spacial score (nSPS) is 11.4. The molecule has 0 aliphatic heterocycles. The van der Waals surface area contributed by atoms with Gasteiger partial charge >= 0.3 is 0 Å². The third-order valence-electron chi connectivity index (χ3n) is 1.89. The van der Waals surface area contributed by atoms with E-state index in [0.29, 0.717) is 22.8 Å². The number of rotatable bonds is 6. The Bertz CT molecular complexity index is 481. The molecule has 1 aromatic rings. The van der Waals surface area contributed by atoms with Crippen LogP contribution in [0.2, 0.25) is 0 Å². The van der Waals surface area contributed by atoms with Crippen molar-refractivity contribution in [1.29, 1.82) is 0 Å². The first-order valence-corrected chi connectivity index (χ1v) is 7.98. The average molecular weight is 278 g/mol. The SMILES string of the molecule is CS(=O)(=O)CCSCc1cc(C(=O)NN)co1. The first-order valence-electron chi connectivity index (χ1n) is 4.76. The standard InChI is InChI=1S/C9H14N2O4S2/c1-17(13,14)3-2-16-6-8-4-7(5-15-8)9(12)11-10/h4-5H,2-3,6,10H2,1H3,(H,11,12). The van der Waals surface area contributed by atoms with Crippen LogP contribution in [-0.2, 0) is 15.6 Å². The quantitative estimate of drug-likeness (QED) is 0.332. The molecule has 0 fully saturated rings. The second kappa shape index (κ2) is 6.08. The second-order valence-electron chi connectivity index (χ2n) is 3.46. The lowest BCUT2D eigenvalue weighted by Gasteiger charge is -1.97. The minimum atomic E-state index is -2.92. The van der Waals surface area contributed by atoms with Gasteiger partial charge in [0, 0.05) is 12.0 Å². The molecule has 0 aliphatic carbocycles. The van der Waals surface area contributed by atoms with Crippen molar-refractivity contribution in [2.45, 2.75) is 5.75 Å². The summed E-state index contributed by atoms with van der Waals surface area (Å²) in [6.45, 7) is 0. The molecule has 0 unspecified atom stereocenters. The molecule has 0 radical (unpaired) electrons. The number of nitrogens with two attached hydrogens (primary N) is 1. The van der Waals surface area contributed by atoms with Gasteiger partial charge in [0.15, 0.2) is 0 Å². The van der Waals surface area contributed by atoms with Crippen molar-refractivity contribution >= 4 is 27.5 Å². The number of hydrazine groups is 1. The zero-order valence-corrected chi connectivity index (χ0v) is 10.9. The molecular weight excluding hydrogens is 264 g/mol. The first kappa shape index (κ1) is 14.1. The number of sulfone groups is 1. The Hall–Kier alpha value is -0.990. The van der Waals surface area contributed by atoms with Crippen molar-refractivity contribution < 1.29 is 17.6 Å². The summed E-state index contributed by atoms with van der Waals surface area (Å²) in [6, 6.07) is 1.58. The summed E-state index contributed by atoms with van der Waals surface area (Å²) in [5, 5.41) is 0. The third kappa shape index (κ3) is 5.24. The summed E-state index contributed by atoms with van der Waals surface area (Å²) in [5.74, 6) is 6.32. The fourth-order valence-corrected chi connectivity index (χ4v) is 3.22. The van der Waals surface area contributed by atoms with Crippen LogP contribution in [0.3, 0.4) is 0 Å². The average Bonchev–Trinajstić information content (AvgIpc) is 2.70. The van der Waals surface area contributed by atoms with Crippen LogP contribution in [0.5, 0.6) is 0 Å². The molecule has 0 bridgehead atoms. The number of carbonyl (C=O) groups excluding carboxylic acids is 1. The van der Waals surface area contributed by atoms with Crippen LogP contribution in [-0.4, -0.2) is 32.1 Å². The van der Waals surface area contributed by atoms with E-state index in [-0.39, 0.29) is 5.75 Å². The minimum Gasteiger partial charge on any atom is -0.468 e. The van der Waals surface area contributed by atoms with Crippen LogP contribution in [0.15, 0.2) is 16.7 Å². The van der Waals surface area contributed by atoms with Gasteiger partial charge in [-0.15, -0.1) is 0 Å². The van der Waals surface area contributed by atoms with Crippen molar-refractivity contribution in [3.8, 4) is 0 Å². The van der Waals surface area contributed by atoms with Crippen LogP contribution >= 0.6 is 11.8 Å². The highest BCUT2D eigenvalue weighted by atomic mass is 32.2. The summed E-state index contributed by atoms with van der Waals surface area (Å²) in [4.78, 5) is 11.1. The highest BCUT2D eigenvalue weighted by molar-refractivity contribution is 7.99. The molecule has 3 N–H and O–H groups in total. The zero-order valence-electron chi connectivity index (χ0n) is 9.30. The highest BCUT2D eigenvalue weighted by Crippen LogP contribution is 2.15. The topological polar surface area (TPSA) is 102 Å². The molecule has 8 heteroatoms. The van der Waals surface area contributed by atoms with Crippen LogP contribution < -0.4 is 11.3 Å². The maximum absolute atomic E-state index is 11.1. The van der Waals surface area contributed by atoms with Gasteiger partial charge in [-0.05, 0) is 6.07 Å². The van der Waals surface area contributed by atoms with Gasteiger partial charge in [0.05, 0.1) is 17.1 Å². The molecule has 0 atom stereocenters. The molecule has 1 heterocycles. The van der Waals surface area contributed by atoms with Crippen molar-refractivity contribution in [3.63, 3.8) is 0 Å². The van der Waals surface area contributed by atoms with E-state index >= 15 is 0 Å². The van der Waals surface area contributed by atoms with E-state index in [4.69, 9.17) is 10.3 Å². The van der Waals surface area contributed by atoms with Gasteiger partial charge in [0.1, 0.15) is 21.9 Å². The van der Waals surface area contributed by atoms with E-state index in [9.17, 15) is 13.2 Å². The van der Waals surface area contributed by atoms with E-state index in [2.05, 4.69) is 0 Å². The molecule has 0 spiro atoms. The van der Waals surface area contributed by atoms with Crippen LogP contribution in [0.4, 0.5) is 0 Å². The number of nitrogen functional groups attached to an aromatic ring is 1. The fourth-order valence-electron chi connectivity index (χ4n) is 1.04. The molecule has 0 saturated heterocycles. The van der Waals surface area contributed by atoms with Crippen LogP contribution in [0.1, 0.15) is 16.1 Å². The number of thioether (sulfide) groups is 1. The second-order valence-corrected chi connectivity index (χ2v) is 6.82. The monoisotopic (exact) mass is 278 g/mol. The Morgan fingerprint density at radius 3 is 2.88 bits per heavy atom. The maximum atomic E-state index is 11.1. The Balaban J connectivity index is 2.38. The maximum Gasteiger partial charge on any atom is 0.268 e. The van der Waals surface area contributed by atoms with Gasteiger partial charge in [-0.3, -0.25) is 10.2 Å². The highest BCUT2D eigenvalue weighted by Gasteiger charge is 2.09. The van der Waals surface area contributed by atoms with Crippen LogP contribution in [0.25, 0.3) is 0 Å². The van der Waals surface area contributed by atoms with E-state index in [0.717, 1.165) is 0 Å². The third-order valence-corrected chi connectivity index (χ3v) is 4.08. The van der Waals surface area contributed by atoms with E-state index in [1.165, 1.54) is 24.3 Å². The van der Waals surface area contributed by atoms with Crippen LogP contribution in [0, 0.1) is 0 Å². The van der Waals surface area contributed by atoms with Gasteiger partial charge < -0.3 is 4.42 Å². The van der Waals surface area contributed by atoms with E-state index in [1.807, 2.05) is 5.43 Å². The lowest BCUT2D eigenvalue weighted by molar-refractivity contribution is 0.0953. The summed E-state index contributed by atoms with van der Waals surface area (Å²) in [7, 11) is -2.92. The molecule has 0 aliphatic rings. The van der Waals surface area contributed by atoms with E-state index in [1.54, 1.807) is 6.07 Å². The predicted octanol–water partition coefficient (Wildman–Crippen LogP) is 0.161. The zero-order chi connectivity index (χ0) is 12.9. The summed E-state index contributed by atoms with van der Waals surface area (Å²) >= 11 is 1.43. The Morgan fingerprint density at radius 2 is 2.29 bits per heavy atom. The summed E-state index contributed by atoms with van der Waals surface area (Å²) < 4.78 is 26.9. The predicted molar refractivity (Wildman–Crippen MR) is 66.2 cm³/mol. The molecular formula is C9H14N2O4S2. The van der Waals surface area contributed by atoms with Gasteiger partial charge in [0.2, 0.25) is 0 Å². The van der Waals surface area contributed by atoms with Crippen molar-refractivity contribution in [3.05, 3.63) is 23.7 Å². The largest absolute Gasteiger partial charge is 0.468 e. The number of hydrogen-bond acceptors (Lipinski definition) is 6. The Kier molecular flexibility index (Phi) is 5.03. The molecule has 17 heavy (non-hydrogen) atoms. The van der Waals surface area contributed by atoms with Gasteiger partial charge in [0.25, 0.3) is 5.91 Å². The van der Waals surface area contributed by atoms with Crippen molar-refractivity contribution in [2.75, 3.05) is 17.8 Å². The lowest BCUT2D eigenvalue weighted by atomic mass is 10.3. The molecule has 1 rings (SSSR count). The first-order chi connectivity index (χ1) is 7.92. The number of amides is 1. The number of carbonyl (C=O) groups is 1. The van der Waals surface area contributed by atoms with Gasteiger partial charge in [-0.2, -0.15) is 11.8 Å².